The number of hydrogen-bond donors (Lipinski definition) is 2. The number of aliphatic hydroxyl groups is 1. The molecule has 1 heterocycles. The topological polar surface area (TPSA) is 78.9 Å². The molecule has 0 spiro atoms. The van der Waals surface area contributed by atoms with Crippen LogP contribution in [0.2, 0.25) is 0 Å². The molecule has 120 valence electrons. The van der Waals surface area contributed by atoms with Gasteiger partial charge in [0.25, 0.3) is 0 Å². The van der Waals surface area contributed by atoms with Gasteiger partial charge in [-0.2, -0.15) is 0 Å². The molecule has 6 heteroatoms. The van der Waals surface area contributed by atoms with Crippen LogP contribution in [0.4, 0.5) is 5.69 Å². The van der Waals surface area contributed by atoms with Gasteiger partial charge in [-0.25, -0.2) is 0 Å². The molecule has 0 radical (unpaired) electrons. The zero-order valence-corrected chi connectivity index (χ0v) is 12.7. The fourth-order valence-corrected chi connectivity index (χ4v) is 2.41. The van der Waals surface area contributed by atoms with Gasteiger partial charge in [-0.05, 0) is 19.1 Å². The van der Waals surface area contributed by atoms with Crippen LogP contribution in [0.3, 0.4) is 0 Å². The highest BCUT2D eigenvalue weighted by molar-refractivity contribution is 6.00. The van der Waals surface area contributed by atoms with Crippen molar-refractivity contribution in [3.05, 3.63) is 29.8 Å². The first-order chi connectivity index (χ1) is 10.6. The maximum atomic E-state index is 12.1. The number of carbonyl (C=O) groups is 2. The lowest BCUT2D eigenvalue weighted by atomic mass is 10.1. The third kappa shape index (κ3) is 4.29. The van der Waals surface area contributed by atoms with Gasteiger partial charge in [0.2, 0.25) is 11.8 Å². The largest absolute Gasteiger partial charge is 0.394 e. The SMILES string of the molecule is Cc1ccc(N2CC(C(=O)NCCOCCO)CC2=O)cc1. The number of nitrogens with one attached hydrogen (secondary N) is 1. The Morgan fingerprint density at radius 1 is 1.36 bits per heavy atom. The van der Waals surface area contributed by atoms with Gasteiger partial charge in [-0.1, -0.05) is 17.7 Å². The number of aryl methyl sites for hydroxylation is 1. The number of benzene rings is 1. The van der Waals surface area contributed by atoms with Crippen LogP contribution in [-0.4, -0.2) is 49.8 Å². The number of nitrogens with zero attached hydrogens (tertiary/aromatic N) is 1. The van der Waals surface area contributed by atoms with Crippen LogP contribution in [0.25, 0.3) is 0 Å². The second-order valence-corrected chi connectivity index (χ2v) is 5.37. The molecular formula is C16H22N2O4. The lowest BCUT2D eigenvalue weighted by Crippen LogP contribution is -2.35. The zero-order valence-electron chi connectivity index (χ0n) is 12.7. The summed E-state index contributed by atoms with van der Waals surface area (Å²) in [7, 11) is 0. The maximum Gasteiger partial charge on any atom is 0.227 e. The van der Waals surface area contributed by atoms with Crippen molar-refractivity contribution in [2.75, 3.05) is 37.8 Å². The molecule has 1 aliphatic heterocycles. The van der Waals surface area contributed by atoms with Crippen LogP contribution in [-0.2, 0) is 14.3 Å². The third-order valence-electron chi connectivity index (χ3n) is 3.62. The van der Waals surface area contributed by atoms with Crippen molar-refractivity contribution < 1.29 is 19.4 Å². The van der Waals surface area contributed by atoms with E-state index in [9.17, 15) is 9.59 Å². The molecule has 1 aromatic carbocycles. The van der Waals surface area contributed by atoms with E-state index in [-0.39, 0.29) is 37.4 Å². The van der Waals surface area contributed by atoms with Crippen LogP contribution < -0.4 is 10.2 Å². The Labute approximate surface area is 130 Å². The number of hydrogen-bond acceptors (Lipinski definition) is 4. The lowest BCUT2D eigenvalue weighted by Gasteiger charge is -2.17. The van der Waals surface area contributed by atoms with Crippen LogP contribution in [0.1, 0.15) is 12.0 Å². The van der Waals surface area contributed by atoms with E-state index in [0.717, 1.165) is 11.3 Å². The summed E-state index contributed by atoms with van der Waals surface area (Å²) in [4.78, 5) is 25.8. The van der Waals surface area contributed by atoms with E-state index in [1.54, 1.807) is 4.90 Å². The maximum absolute atomic E-state index is 12.1. The number of anilines is 1. The third-order valence-corrected chi connectivity index (χ3v) is 3.62. The van der Waals surface area contributed by atoms with E-state index in [1.807, 2.05) is 31.2 Å². The number of aliphatic hydroxyl groups excluding tert-OH is 1. The average molecular weight is 306 g/mol. The quantitative estimate of drug-likeness (QED) is 0.718. The molecule has 0 aliphatic carbocycles. The summed E-state index contributed by atoms with van der Waals surface area (Å²) in [5, 5.41) is 11.3. The van der Waals surface area contributed by atoms with Crippen LogP contribution >= 0.6 is 0 Å². The van der Waals surface area contributed by atoms with Crippen LogP contribution in [0, 0.1) is 12.8 Å². The highest BCUT2D eigenvalue weighted by atomic mass is 16.5. The van der Waals surface area contributed by atoms with Crippen molar-refractivity contribution in [1.82, 2.24) is 5.32 Å². The molecule has 0 saturated carbocycles. The van der Waals surface area contributed by atoms with Crippen LogP contribution in [0.5, 0.6) is 0 Å². The van der Waals surface area contributed by atoms with Crippen molar-refractivity contribution >= 4 is 17.5 Å². The highest BCUT2D eigenvalue weighted by Gasteiger charge is 2.34. The van der Waals surface area contributed by atoms with E-state index in [1.165, 1.54) is 0 Å². The van der Waals surface area contributed by atoms with Gasteiger partial charge in [-0.3, -0.25) is 9.59 Å². The lowest BCUT2D eigenvalue weighted by molar-refractivity contribution is -0.126. The summed E-state index contributed by atoms with van der Waals surface area (Å²) in [5.41, 5.74) is 1.96. The fraction of sp³-hybridized carbons (Fsp3) is 0.500. The molecule has 1 aromatic rings. The van der Waals surface area contributed by atoms with E-state index in [2.05, 4.69) is 5.32 Å². The molecule has 22 heavy (non-hydrogen) atoms. The predicted molar refractivity (Wildman–Crippen MR) is 82.6 cm³/mol. The second-order valence-electron chi connectivity index (χ2n) is 5.37. The van der Waals surface area contributed by atoms with Crippen LogP contribution in [0.15, 0.2) is 24.3 Å². The first-order valence-corrected chi connectivity index (χ1v) is 7.45. The molecular weight excluding hydrogens is 284 g/mol. The van der Waals surface area contributed by atoms with Gasteiger partial charge in [0.05, 0.1) is 25.7 Å². The molecule has 2 amide bonds. The number of rotatable bonds is 7. The van der Waals surface area contributed by atoms with Gasteiger partial charge in [0, 0.05) is 25.2 Å². The zero-order chi connectivity index (χ0) is 15.9. The molecule has 1 fully saturated rings. The van der Waals surface area contributed by atoms with E-state index in [4.69, 9.17) is 9.84 Å². The second kappa shape index (κ2) is 7.91. The summed E-state index contributed by atoms with van der Waals surface area (Å²) in [6.07, 6.45) is 0.233. The monoisotopic (exact) mass is 306 g/mol. The minimum absolute atomic E-state index is 0.0273. The Balaban J connectivity index is 1.83. The molecule has 2 rings (SSSR count). The number of carbonyl (C=O) groups excluding carboxylic acids is 2. The van der Waals surface area contributed by atoms with Crippen molar-refractivity contribution in [3.63, 3.8) is 0 Å². The Hall–Kier alpha value is -1.92. The fourth-order valence-electron chi connectivity index (χ4n) is 2.41. The Bertz CT molecular complexity index is 515. The van der Waals surface area contributed by atoms with Gasteiger partial charge in [0.15, 0.2) is 0 Å². The first kappa shape index (κ1) is 16.5. The normalized spacial score (nSPS) is 17.8. The van der Waals surface area contributed by atoms with Gasteiger partial charge in [-0.15, -0.1) is 0 Å². The number of amides is 2. The van der Waals surface area contributed by atoms with E-state index in [0.29, 0.717) is 19.7 Å². The van der Waals surface area contributed by atoms with E-state index >= 15 is 0 Å². The Kier molecular flexibility index (Phi) is 5.91. The van der Waals surface area contributed by atoms with Gasteiger partial charge in [0.1, 0.15) is 0 Å². The molecule has 2 N–H and O–H groups in total. The molecule has 1 aliphatic rings. The van der Waals surface area contributed by atoms with Crippen molar-refractivity contribution in [2.45, 2.75) is 13.3 Å². The summed E-state index contributed by atoms with van der Waals surface area (Å²) in [6.45, 7) is 3.37. The minimum Gasteiger partial charge on any atom is -0.394 e. The van der Waals surface area contributed by atoms with Gasteiger partial charge >= 0.3 is 0 Å². The molecule has 0 bridgehead atoms. The van der Waals surface area contributed by atoms with E-state index < -0.39 is 0 Å². The summed E-state index contributed by atoms with van der Waals surface area (Å²) >= 11 is 0. The Morgan fingerprint density at radius 3 is 2.77 bits per heavy atom. The molecule has 1 atom stereocenters. The molecule has 1 unspecified atom stereocenters. The van der Waals surface area contributed by atoms with Crippen molar-refractivity contribution in [1.29, 1.82) is 0 Å². The number of ether oxygens (including phenoxy) is 1. The Morgan fingerprint density at radius 2 is 2.09 bits per heavy atom. The van der Waals surface area contributed by atoms with Gasteiger partial charge < -0.3 is 20.1 Å². The smallest absolute Gasteiger partial charge is 0.227 e. The highest BCUT2D eigenvalue weighted by Crippen LogP contribution is 2.25. The summed E-state index contributed by atoms with van der Waals surface area (Å²) in [5.74, 6) is -0.484. The first-order valence-electron chi connectivity index (χ1n) is 7.45. The van der Waals surface area contributed by atoms with Crippen molar-refractivity contribution in [3.8, 4) is 0 Å². The summed E-state index contributed by atoms with van der Waals surface area (Å²) < 4.78 is 5.08. The van der Waals surface area contributed by atoms with Crippen molar-refractivity contribution in [2.24, 2.45) is 5.92 Å². The standard InChI is InChI=1S/C16H22N2O4/c1-12-2-4-14(5-3-12)18-11-13(10-15(18)20)16(21)17-6-8-22-9-7-19/h2-5,13,19H,6-11H2,1H3,(H,17,21). The predicted octanol–water partition coefficient (Wildman–Crippen LogP) is 0.473. The average Bonchev–Trinajstić information content (AvgIpc) is 2.90. The summed E-state index contributed by atoms with van der Waals surface area (Å²) in [6, 6.07) is 7.70. The molecule has 0 aromatic heterocycles. The minimum atomic E-state index is -0.327. The molecule has 6 nitrogen and oxygen atoms in total. The molecule has 1 saturated heterocycles.